The minimum absolute atomic E-state index is 0.0190. The Morgan fingerprint density at radius 1 is 0.894 bits per heavy atom. The summed E-state index contributed by atoms with van der Waals surface area (Å²) < 4.78 is 99.2. The normalized spacial score (nSPS) is 26.3. The molecule has 5 aromatic rings. The SMILES string of the molecule is [2H]C1([2H])N(CC2CCN(Cc3ccc4nc5n(c4c3)C[C@H](C)CCCOc3c(cnn3C)-c3cc(cc(C)n3)C(=O)N5)CC2)C([2H])([2H])C([2H])([2H])N(c2ccc3c(c2F)C(=O)N(C2CCC(=O)NC2=O)C3=O)C1([2H])[2H]. The average Bonchev–Trinajstić information content (AvgIpc) is 3.96. The van der Waals surface area contributed by atoms with Crippen LogP contribution in [-0.4, -0.2) is 127 Å². The zero-order valence-electron chi connectivity index (χ0n) is 44.7. The van der Waals surface area contributed by atoms with Crippen LogP contribution in [0.5, 0.6) is 5.88 Å². The van der Waals surface area contributed by atoms with Crippen molar-refractivity contribution in [3.05, 3.63) is 82.4 Å². The monoisotopic (exact) mass is 907 g/mol. The molecule has 2 bridgehead atoms. The number of pyridine rings is 1. The fourth-order valence-electron chi connectivity index (χ4n) is 9.45. The van der Waals surface area contributed by atoms with Crippen LogP contribution in [0.4, 0.5) is 16.0 Å². The molecule has 0 radical (unpaired) electrons. The molecular weight excluding hydrogens is 846 g/mol. The highest BCUT2D eigenvalue weighted by atomic mass is 19.1. The number of aromatic nitrogens is 5. The van der Waals surface area contributed by atoms with E-state index in [9.17, 15) is 24.0 Å². The molecule has 5 amide bonds. The highest BCUT2D eigenvalue weighted by molar-refractivity contribution is 6.24. The first-order valence-electron chi connectivity index (χ1n) is 26.2. The second-order valence-electron chi connectivity index (χ2n) is 17.7. The summed E-state index contributed by atoms with van der Waals surface area (Å²) in [5, 5.41) is 9.48. The van der Waals surface area contributed by atoms with Crippen molar-refractivity contribution in [3.63, 3.8) is 0 Å². The number of nitrogens with zero attached hydrogens (tertiary/aromatic N) is 9. The number of aryl methyl sites for hydroxylation is 2. The second-order valence-corrected chi connectivity index (χ2v) is 17.7. The number of fused-ring (bicyclic) bond motifs is 8. The van der Waals surface area contributed by atoms with Crippen molar-refractivity contribution < 1.29 is 44.1 Å². The molecular formula is C48H54FN11O6. The zero-order chi connectivity index (χ0) is 53.0. The Morgan fingerprint density at radius 3 is 2.48 bits per heavy atom. The predicted molar refractivity (Wildman–Crippen MR) is 242 cm³/mol. The summed E-state index contributed by atoms with van der Waals surface area (Å²) in [6.07, 6.45) is 3.67. The highest BCUT2D eigenvalue weighted by Gasteiger charge is 2.47. The molecule has 2 N–H and O–H groups in total. The number of nitrogens with one attached hydrogen (secondary N) is 2. The van der Waals surface area contributed by atoms with Crippen molar-refractivity contribution in [2.45, 2.75) is 71.5 Å². The molecule has 0 spiro atoms. The number of hydrogen-bond donors (Lipinski definition) is 2. The van der Waals surface area contributed by atoms with Crippen LogP contribution in [0.2, 0.25) is 0 Å². The van der Waals surface area contributed by atoms with Crippen molar-refractivity contribution in [2.75, 3.05) is 62.4 Å². The van der Waals surface area contributed by atoms with E-state index in [0.717, 1.165) is 36.1 Å². The summed E-state index contributed by atoms with van der Waals surface area (Å²) in [7, 11) is 1.80. The van der Waals surface area contributed by atoms with Crippen LogP contribution in [-0.2, 0) is 29.7 Å². The fourth-order valence-corrected chi connectivity index (χ4v) is 9.45. The largest absolute Gasteiger partial charge is 0.477 e. The molecule has 66 heavy (non-hydrogen) atoms. The minimum Gasteiger partial charge on any atom is -0.477 e. The Morgan fingerprint density at radius 2 is 1.70 bits per heavy atom. The molecule has 10 rings (SSSR count). The summed E-state index contributed by atoms with van der Waals surface area (Å²) in [6.45, 7) is -7.51. The highest BCUT2D eigenvalue weighted by Crippen LogP contribution is 2.35. The van der Waals surface area contributed by atoms with Crippen molar-refractivity contribution in [1.29, 1.82) is 0 Å². The van der Waals surface area contributed by atoms with Crippen LogP contribution >= 0.6 is 0 Å². The van der Waals surface area contributed by atoms with Gasteiger partial charge in [-0.05, 0) is 106 Å². The van der Waals surface area contributed by atoms with Crippen LogP contribution < -0.4 is 20.3 Å². The van der Waals surface area contributed by atoms with Gasteiger partial charge in [-0.25, -0.2) is 14.1 Å². The van der Waals surface area contributed by atoms with Gasteiger partial charge in [0.15, 0.2) is 5.82 Å². The van der Waals surface area contributed by atoms with E-state index in [4.69, 9.17) is 20.7 Å². The molecule has 0 saturated carbocycles. The van der Waals surface area contributed by atoms with Crippen LogP contribution in [0, 0.1) is 24.6 Å². The van der Waals surface area contributed by atoms with Gasteiger partial charge in [-0.3, -0.25) is 54.3 Å². The van der Waals surface area contributed by atoms with Gasteiger partial charge in [0.05, 0.1) is 57.4 Å². The van der Waals surface area contributed by atoms with E-state index in [1.54, 1.807) is 30.1 Å². The number of ether oxygens (including phenoxy) is 1. The van der Waals surface area contributed by atoms with E-state index < -0.39 is 90.8 Å². The van der Waals surface area contributed by atoms with Gasteiger partial charge in [0, 0.05) is 75.8 Å². The predicted octanol–water partition coefficient (Wildman–Crippen LogP) is 4.78. The van der Waals surface area contributed by atoms with Crippen LogP contribution in [0.3, 0.4) is 0 Å². The number of hydrogen-bond acceptors (Lipinski definition) is 12. The van der Waals surface area contributed by atoms with Crippen molar-refractivity contribution >= 4 is 52.2 Å². The van der Waals surface area contributed by atoms with Crippen molar-refractivity contribution in [1.82, 2.24) is 44.3 Å². The van der Waals surface area contributed by atoms with Crippen molar-refractivity contribution in [2.24, 2.45) is 18.9 Å². The van der Waals surface area contributed by atoms with Crippen LogP contribution in [0.25, 0.3) is 22.3 Å². The van der Waals surface area contributed by atoms with Gasteiger partial charge in [0.2, 0.25) is 23.6 Å². The summed E-state index contributed by atoms with van der Waals surface area (Å²) in [5.41, 5.74) is 2.32. The molecule has 2 atom stereocenters. The Labute approximate surface area is 392 Å². The summed E-state index contributed by atoms with van der Waals surface area (Å²) >= 11 is 0. The Bertz CT molecular complexity index is 3130. The molecule has 3 aromatic heterocycles. The van der Waals surface area contributed by atoms with Gasteiger partial charge in [-0.1, -0.05) is 13.0 Å². The number of imidazole rings is 1. The number of carbonyl (C=O) groups excluding carboxylic acids is 5. The molecule has 3 saturated heterocycles. The van der Waals surface area contributed by atoms with Gasteiger partial charge in [0.25, 0.3) is 17.7 Å². The van der Waals surface area contributed by atoms with E-state index in [1.165, 1.54) is 0 Å². The van der Waals surface area contributed by atoms with E-state index in [0.29, 0.717) is 95.3 Å². The first kappa shape index (κ1) is 34.8. The first-order valence-corrected chi connectivity index (χ1v) is 22.2. The molecule has 1 unspecified atom stereocenters. The van der Waals surface area contributed by atoms with Gasteiger partial charge < -0.3 is 14.2 Å². The number of imide groups is 2. The van der Waals surface area contributed by atoms with Crippen LogP contribution in [0.15, 0.2) is 48.7 Å². The third-order valence-corrected chi connectivity index (χ3v) is 12.9. The van der Waals surface area contributed by atoms with Gasteiger partial charge >= 0.3 is 0 Å². The summed E-state index contributed by atoms with van der Waals surface area (Å²) in [6, 6.07) is 9.61. The Balaban J connectivity index is 0.845. The van der Waals surface area contributed by atoms with Crippen LogP contribution in [0.1, 0.15) is 98.7 Å². The summed E-state index contributed by atoms with van der Waals surface area (Å²) in [4.78, 5) is 78.1. The lowest BCUT2D eigenvalue weighted by Crippen LogP contribution is -2.54. The number of halogens is 1. The van der Waals surface area contributed by atoms with E-state index >= 15 is 4.39 Å². The molecule has 0 aliphatic carbocycles. The Kier molecular flexibility index (Phi) is 9.32. The minimum atomic E-state index is -3.48. The fraction of sp³-hybridized carbons (Fsp3) is 0.458. The number of piperidine rings is 2. The van der Waals surface area contributed by atoms with Crippen molar-refractivity contribution in [3.8, 4) is 17.1 Å². The molecule has 18 heteroatoms. The number of likely N-dealkylation sites (tertiary alicyclic amines) is 1. The van der Waals surface area contributed by atoms with Gasteiger partial charge in [0.1, 0.15) is 6.04 Å². The average molecular weight is 908 g/mol. The number of rotatable bonds is 6. The Hall–Kier alpha value is -6.53. The maximum Gasteiger partial charge on any atom is 0.265 e. The summed E-state index contributed by atoms with van der Waals surface area (Å²) in [5.74, 6) is -5.18. The van der Waals surface area contributed by atoms with Gasteiger partial charge in [-0.15, -0.1) is 0 Å². The molecule has 8 heterocycles. The molecule has 5 aliphatic heterocycles. The number of piperazine rings is 1. The lowest BCUT2D eigenvalue weighted by atomic mass is 9.95. The lowest BCUT2D eigenvalue weighted by molar-refractivity contribution is -0.136. The maximum atomic E-state index is 16.7. The third kappa shape index (κ3) is 8.31. The molecule has 2 aromatic carbocycles. The molecule has 5 aliphatic rings. The van der Waals surface area contributed by atoms with E-state index in [2.05, 4.69) is 27.2 Å². The quantitative estimate of drug-likeness (QED) is 0.223. The molecule has 344 valence electrons. The molecule has 3 fully saturated rings. The van der Waals surface area contributed by atoms with E-state index in [-0.39, 0.29) is 29.6 Å². The number of amides is 5. The third-order valence-electron chi connectivity index (χ3n) is 12.9. The molecule has 17 nitrogen and oxygen atoms in total. The number of anilines is 2. The number of carbonyl (C=O) groups is 5. The zero-order valence-corrected chi connectivity index (χ0v) is 36.7. The number of benzene rings is 2. The lowest BCUT2D eigenvalue weighted by Gasteiger charge is -2.39. The first-order chi connectivity index (χ1) is 34.9. The standard InChI is InChI=1S/C48H54FN11O6/c1-28-5-4-20-66-47-34(24-50-55(47)3)36-23-32(21-29(2)51-36)43(62)54-48-52-35-8-6-31(22-39(35)59(48)25-28)27-56-14-12-30(13-15-56)26-57-16-18-58(19-17-57)37-9-7-33-41(42(37)49)46(65)60(45(33)64)38-10-11-40(61)53-44(38)63/h6-9,21-24,28,30,38H,4-5,10-20,25-27H2,1-3H3,(H,52,54,62)(H,53,61,63)/t28-,38?/m1/s1/i16D2,17D2,18D2,19D2. The second kappa shape index (κ2) is 17.7. The van der Waals surface area contributed by atoms with E-state index in [1.807, 2.05) is 35.0 Å². The van der Waals surface area contributed by atoms with Gasteiger partial charge in [-0.2, -0.15) is 5.10 Å². The smallest absolute Gasteiger partial charge is 0.265 e. The topological polar surface area (TPSA) is 180 Å². The maximum absolute atomic E-state index is 16.7.